The summed E-state index contributed by atoms with van der Waals surface area (Å²) in [6.07, 6.45) is 7.46. The van der Waals surface area contributed by atoms with E-state index in [0.29, 0.717) is 12.0 Å². The molecule has 0 amide bonds. The highest BCUT2D eigenvalue weighted by Crippen LogP contribution is 2.20. The molecule has 0 fully saturated rings. The Labute approximate surface area is 126 Å². The molecule has 0 aromatic heterocycles. The summed E-state index contributed by atoms with van der Waals surface area (Å²) in [5, 5.41) is 9.65. The topological polar surface area (TPSA) is 63.6 Å². The fourth-order valence-electron chi connectivity index (χ4n) is 2.12. The first-order chi connectivity index (χ1) is 9.73. The van der Waals surface area contributed by atoms with Crippen molar-refractivity contribution < 1.29 is 19.4 Å². The molecule has 21 heavy (non-hydrogen) atoms. The van der Waals surface area contributed by atoms with Crippen molar-refractivity contribution >= 4 is 11.6 Å². The van der Waals surface area contributed by atoms with Crippen LogP contribution in [-0.2, 0) is 14.3 Å². The average molecular weight is 292 g/mol. The number of ether oxygens (including phenoxy) is 1. The maximum absolute atomic E-state index is 12.0. The standard InChI is InChI=1S/C17H24O4/c1-12(6-5-9-17(2,3)20)7-8-13-10-14(18)11-15(21-4)16(13)19/h7,10-11,20H,5-6,8-9H2,1-4H3/b12-7+. The van der Waals surface area contributed by atoms with Crippen molar-refractivity contribution in [3.05, 3.63) is 35.1 Å². The number of Topliss-reactive ketones (excluding diaryl/α,β-unsaturated/α-hetero) is 1. The third-order valence-corrected chi connectivity index (χ3v) is 3.36. The minimum atomic E-state index is -0.646. The number of rotatable bonds is 7. The van der Waals surface area contributed by atoms with E-state index in [1.54, 1.807) is 13.8 Å². The number of hydrogen-bond acceptors (Lipinski definition) is 4. The summed E-state index contributed by atoms with van der Waals surface area (Å²) in [6.45, 7) is 5.58. The third kappa shape index (κ3) is 6.08. The van der Waals surface area contributed by atoms with Crippen molar-refractivity contribution in [2.75, 3.05) is 7.11 Å². The monoisotopic (exact) mass is 292 g/mol. The van der Waals surface area contributed by atoms with E-state index in [1.807, 2.05) is 13.0 Å². The molecule has 4 heteroatoms. The summed E-state index contributed by atoms with van der Waals surface area (Å²) in [5.74, 6) is -0.335. The van der Waals surface area contributed by atoms with Crippen LogP contribution in [0.25, 0.3) is 0 Å². The largest absolute Gasteiger partial charge is 0.493 e. The predicted molar refractivity (Wildman–Crippen MR) is 81.7 cm³/mol. The van der Waals surface area contributed by atoms with Crippen LogP contribution < -0.4 is 0 Å². The first-order valence-electron chi connectivity index (χ1n) is 7.16. The lowest BCUT2D eigenvalue weighted by Crippen LogP contribution is -2.17. The molecule has 1 rings (SSSR count). The van der Waals surface area contributed by atoms with E-state index in [0.717, 1.165) is 24.8 Å². The number of aliphatic hydroxyl groups is 1. The van der Waals surface area contributed by atoms with E-state index < -0.39 is 5.60 Å². The molecule has 0 aliphatic heterocycles. The van der Waals surface area contributed by atoms with Crippen LogP contribution in [0, 0.1) is 0 Å². The van der Waals surface area contributed by atoms with Crippen LogP contribution in [0.3, 0.4) is 0 Å². The Morgan fingerprint density at radius 3 is 2.57 bits per heavy atom. The second kappa shape index (κ2) is 7.36. The maximum atomic E-state index is 12.0. The molecule has 0 heterocycles. The quantitative estimate of drug-likeness (QED) is 0.579. The molecule has 0 spiro atoms. The summed E-state index contributed by atoms with van der Waals surface area (Å²) >= 11 is 0. The molecule has 0 bridgehead atoms. The molecule has 116 valence electrons. The van der Waals surface area contributed by atoms with E-state index in [1.165, 1.54) is 19.3 Å². The Bertz CT molecular complexity index is 501. The second-order valence-electron chi connectivity index (χ2n) is 6.03. The summed E-state index contributed by atoms with van der Waals surface area (Å²) in [4.78, 5) is 23.5. The van der Waals surface area contributed by atoms with Gasteiger partial charge in [-0.2, -0.15) is 0 Å². The molecule has 1 aliphatic rings. The Morgan fingerprint density at radius 2 is 2.00 bits per heavy atom. The van der Waals surface area contributed by atoms with Gasteiger partial charge in [0.05, 0.1) is 12.7 Å². The number of carbonyl (C=O) groups excluding carboxylic acids is 2. The van der Waals surface area contributed by atoms with E-state index in [4.69, 9.17) is 4.74 Å². The minimum Gasteiger partial charge on any atom is -0.493 e. The first-order valence-corrected chi connectivity index (χ1v) is 7.16. The maximum Gasteiger partial charge on any atom is 0.224 e. The van der Waals surface area contributed by atoms with Crippen molar-refractivity contribution in [2.45, 2.75) is 52.1 Å². The fraction of sp³-hybridized carbons (Fsp3) is 0.529. The van der Waals surface area contributed by atoms with Gasteiger partial charge in [-0.05, 0) is 52.5 Å². The molecule has 1 aliphatic carbocycles. The molecule has 0 unspecified atom stereocenters. The zero-order valence-corrected chi connectivity index (χ0v) is 13.2. The van der Waals surface area contributed by atoms with Gasteiger partial charge in [0.15, 0.2) is 11.5 Å². The van der Waals surface area contributed by atoms with Gasteiger partial charge >= 0.3 is 0 Å². The smallest absolute Gasteiger partial charge is 0.224 e. The van der Waals surface area contributed by atoms with Crippen LogP contribution in [0.5, 0.6) is 0 Å². The van der Waals surface area contributed by atoms with Gasteiger partial charge in [-0.1, -0.05) is 11.6 Å². The minimum absolute atomic E-state index is 0.102. The Balaban J connectivity index is 2.55. The van der Waals surface area contributed by atoms with E-state index in [-0.39, 0.29) is 17.3 Å². The molecule has 1 N–H and O–H groups in total. The van der Waals surface area contributed by atoms with Gasteiger partial charge in [0, 0.05) is 11.6 Å². The van der Waals surface area contributed by atoms with Crippen LogP contribution in [0.1, 0.15) is 46.5 Å². The summed E-state index contributed by atoms with van der Waals surface area (Å²) in [7, 11) is 1.39. The Kier molecular flexibility index (Phi) is 6.09. The van der Waals surface area contributed by atoms with Gasteiger partial charge in [-0.15, -0.1) is 0 Å². The van der Waals surface area contributed by atoms with Crippen molar-refractivity contribution in [1.82, 2.24) is 0 Å². The summed E-state index contributed by atoms with van der Waals surface area (Å²) in [6, 6.07) is 0. The lowest BCUT2D eigenvalue weighted by Gasteiger charge is -2.16. The highest BCUT2D eigenvalue weighted by atomic mass is 16.5. The second-order valence-corrected chi connectivity index (χ2v) is 6.03. The number of methoxy groups -OCH3 is 1. The fourth-order valence-corrected chi connectivity index (χ4v) is 2.12. The zero-order chi connectivity index (χ0) is 16.0. The Hall–Kier alpha value is -1.68. The summed E-state index contributed by atoms with van der Waals surface area (Å²) < 4.78 is 4.91. The summed E-state index contributed by atoms with van der Waals surface area (Å²) in [5.41, 5.74) is 0.960. The molecule has 4 nitrogen and oxygen atoms in total. The van der Waals surface area contributed by atoms with Gasteiger partial charge in [0.2, 0.25) is 5.78 Å². The molecule has 0 aromatic carbocycles. The van der Waals surface area contributed by atoms with Crippen molar-refractivity contribution in [1.29, 1.82) is 0 Å². The molecule has 0 radical (unpaired) electrons. The van der Waals surface area contributed by atoms with Gasteiger partial charge in [0.1, 0.15) is 0 Å². The van der Waals surface area contributed by atoms with E-state index in [2.05, 4.69) is 0 Å². The molecule has 0 saturated heterocycles. The molecular weight excluding hydrogens is 268 g/mol. The molecule has 0 atom stereocenters. The number of carbonyl (C=O) groups is 2. The number of ketones is 2. The van der Waals surface area contributed by atoms with Crippen molar-refractivity contribution in [3.63, 3.8) is 0 Å². The number of allylic oxidation sites excluding steroid dienone is 5. The first kappa shape index (κ1) is 17.4. The SMILES string of the molecule is COC1=CC(=O)C=C(C/C=C(\C)CCCC(C)(C)O)C1=O. The lowest BCUT2D eigenvalue weighted by atomic mass is 9.96. The molecule has 0 aromatic rings. The van der Waals surface area contributed by atoms with Crippen LogP contribution in [0.15, 0.2) is 35.1 Å². The van der Waals surface area contributed by atoms with E-state index in [9.17, 15) is 14.7 Å². The third-order valence-electron chi connectivity index (χ3n) is 3.36. The molecule has 0 saturated carbocycles. The van der Waals surface area contributed by atoms with Crippen molar-refractivity contribution in [2.24, 2.45) is 0 Å². The van der Waals surface area contributed by atoms with Gasteiger partial charge < -0.3 is 9.84 Å². The van der Waals surface area contributed by atoms with E-state index >= 15 is 0 Å². The predicted octanol–water partition coefficient (Wildman–Crippen LogP) is 2.87. The van der Waals surface area contributed by atoms with Crippen LogP contribution >= 0.6 is 0 Å². The highest BCUT2D eigenvalue weighted by Gasteiger charge is 2.21. The molecular formula is C17H24O4. The van der Waals surface area contributed by atoms with Gasteiger partial charge in [-0.3, -0.25) is 9.59 Å². The van der Waals surface area contributed by atoms with Crippen LogP contribution in [0.2, 0.25) is 0 Å². The highest BCUT2D eigenvalue weighted by molar-refractivity contribution is 6.19. The van der Waals surface area contributed by atoms with Crippen LogP contribution in [0.4, 0.5) is 0 Å². The van der Waals surface area contributed by atoms with Crippen molar-refractivity contribution in [3.8, 4) is 0 Å². The average Bonchev–Trinajstić information content (AvgIpc) is 2.37. The van der Waals surface area contributed by atoms with Crippen LogP contribution in [-0.4, -0.2) is 29.4 Å². The number of hydrogen-bond donors (Lipinski definition) is 1. The normalized spacial score (nSPS) is 16.7. The van der Waals surface area contributed by atoms with Gasteiger partial charge in [0.25, 0.3) is 0 Å². The zero-order valence-electron chi connectivity index (χ0n) is 13.2. The van der Waals surface area contributed by atoms with Gasteiger partial charge in [-0.25, -0.2) is 0 Å². The Morgan fingerprint density at radius 1 is 1.33 bits per heavy atom. The lowest BCUT2D eigenvalue weighted by molar-refractivity contribution is -0.117.